The Balaban J connectivity index is 4.56. The van der Waals surface area contributed by atoms with Crippen LogP contribution in [0.25, 0.3) is 0 Å². The minimum atomic E-state index is -1.26. The van der Waals surface area contributed by atoms with Crippen LogP contribution in [0.1, 0.15) is 13.8 Å². The van der Waals surface area contributed by atoms with Crippen LogP contribution >= 0.6 is 15.9 Å². The Kier molecular flexibility index (Phi) is 3.70. The molecule has 0 spiro atoms. The number of carboxylic acid groups (broad SMARTS) is 1. The highest BCUT2D eigenvalue weighted by Gasteiger charge is 2.41. The summed E-state index contributed by atoms with van der Waals surface area (Å²) in [5.41, 5.74) is 0. The maximum Gasteiger partial charge on any atom is 0.321 e. The molecule has 0 saturated carbocycles. The standard InChI is InChI=1S/C7H11BrO4/c1-4(5(9)12-3)7(2,8)6(10)11/h4H,1-3H3,(H,10,11). The molecule has 0 aliphatic carbocycles. The summed E-state index contributed by atoms with van der Waals surface area (Å²) in [5, 5.41) is 8.70. The van der Waals surface area contributed by atoms with Crippen molar-refractivity contribution in [2.45, 2.75) is 18.2 Å². The van der Waals surface area contributed by atoms with Crippen molar-refractivity contribution < 1.29 is 19.4 Å². The fourth-order valence-electron chi connectivity index (χ4n) is 0.583. The molecule has 0 amide bonds. The minimum Gasteiger partial charge on any atom is -0.480 e. The fraction of sp³-hybridized carbons (Fsp3) is 0.714. The molecule has 0 aliphatic rings. The number of hydrogen-bond acceptors (Lipinski definition) is 3. The topological polar surface area (TPSA) is 63.6 Å². The van der Waals surface area contributed by atoms with Gasteiger partial charge in [-0.3, -0.25) is 9.59 Å². The number of carbonyl (C=O) groups excluding carboxylic acids is 1. The first-order valence-corrected chi connectivity index (χ1v) is 4.13. The van der Waals surface area contributed by atoms with Gasteiger partial charge in [0.15, 0.2) is 0 Å². The van der Waals surface area contributed by atoms with Crippen LogP contribution in [-0.2, 0) is 14.3 Å². The Hall–Kier alpha value is -0.580. The SMILES string of the molecule is COC(=O)C(C)C(C)(Br)C(=O)O. The lowest BCUT2D eigenvalue weighted by Crippen LogP contribution is -2.40. The summed E-state index contributed by atoms with van der Waals surface area (Å²) in [7, 11) is 1.23. The highest BCUT2D eigenvalue weighted by molar-refractivity contribution is 9.10. The van der Waals surface area contributed by atoms with Crippen molar-refractivity contribution in [3.63, 3.8) is 0 Å². The average molecular weight is 239 g/mol. The third-order valence-electron chi connectivity index (χ3n) is 1.79. The van der Waals surface area contributed by atoms with E-state index in [0.29, 0.717) is 0 Å². The Labute approximate surface area is 79.0 Å². The molecular formula is C7H11BrO4. The average Bonchev–Trinajstić information content (AvgIpc) is 2.01. The van der Waals surface area contributed by atoms with Gasteiger partial charge in [0.25, 0.3) is 0 Å². The van der Waals surface area contributed by atoms with Gasteiger partial charge in [-0.1, -0.05) is 15.9 Å². The van der Waals surface area contributed by atoms with Gasteiger partial charge in [-0.15, -0.1) is 0 Å². The molecule has 12 heavy (non-hydrogen) atoms. The zero-order chi connectivity index (χ0) is 9.94. The van der Waals surface area contributed by atoms with Crippen LogP contribution in [0.15, 0.2) is 0 Å². The van der Waals surface area contributed by atoms with Crippen molar-refractivity contribution in [2.75, 3.05) is 7.11 Å². The maximum atomic E-state index is 10.9. The van der Waals surface area contributed by atoms with Crippen LogP contribution in [0, 0.1) is 5.92 Å². The van der Waals surface area contributed by atoms with Crippen molar-refractivity contribution >= 4 is 27.9 Å². The number of carboxylic acids is 1. The minimum absolute atomic E-state index is 0.545. The quantitative estimate of drug-likeness (QED) is 0.590. The summed E-state index contributed by atoms with van der Waals surface area (Å²) < 4.78 is 3.15. The monoisotopic (exact) mass is 238 g/mol. The van der Waals surface area contributed by atoms with Gasteiger partial charge in [0.05, 0.1) is 13.0 Å². The van der Waals surface area contributed by atoms with Crippen LogP contribution in [-0.4, -0.2) is 28.5 Å². The molecule has 0 fully saturated rings. The van der Waals surface area contributed by atoms with Crippen LogP contribution < -0.4 is 0 Å². The number of carbonyl (C=O) groups is 2. The van der Waals surface area contributed by atoms with Gasteiger partial charge in [-0.05, 0) is 13.8 Å². The molecule has 70 valence electrons. The number of halogens is 1. The zero-order valence-electron chi connectivity index (χ0n) is 7.13. The normalized spacial score (nSPS) is 17.7. The molecule has 0 aromatic rings. The molecule has 0 heterocycles. The van der Waals surface area contributed by atoms with E-state index in [9.17, 15) is 9.59 Å². The van der Waals surface area contributed by atoms with Gasteiger partial charge in [-0.2, -0.15) is 0 Å². The smallest absolute Gasteiger partial charge is 0.321 e. The lowest BCUT2D eigenvalue weighted by molar-refractivity contribution is -0.152. The first-order chi connectivity index (χ1) is 5.34. The molecule has 1 N–H and O–H groups in total. The largest absolute Gasteiger partial charge is 0.480 e. The van der Waals surface area contributed by atoms with E-state index in [0.717, 1.165) is 0 Å². The fourth-order valence-corrected chi connectivity index (χ4v) is 0.770. The Morgan fingerprint density at radius 3 is 2.25 bits per heavy atom. The van der Waals surface area contributed by atoms with Gasteiger partial charge in [-0.25, -0.2) is 0 Å². The number of methoxy groups -OCH3 is 1. The molecule has 0 aromatic heterocycles. The van der Waals surface area contributed by atoms with E-state index in [-0.39, 0.29) is 0 Å². The number of hydrogen-bond donors (Lipinski definition) is 1. The highest BCUT2D eigenvalue weighted by atomic mass is 79.9. The molecule has 0 aromatic carbocycles. The number of ether oxygens (including phenoxy) is 1. The third-order valence-corrected chi connectivity index (χ3v) is 2.81. The van der Waals surface area contributed by atoms with Crippen LogP contribution in [0.3, 0.4) is 0 Å². The van der Waals surface area contributed by atoms with Crippen LogP contribution in [0.5, 0.6) is 0 Å². The summed E-state index contributed by atoms with van der Waals surface area (Å²) in [6.07, 6.45) is 0. The summed E-state index contributed by atoms with van der Waals surface area (Å²) >= 11 is 2.95. The van der Waals surface area contributed by atoms with E-state index < -0.39 is 22.2 Å². The van der Waals surface area contributed by atoms with Crippen molar-refractivity contribution in [1.29, 1.82) is 0 Å². The molecule has 0 bridgehead atoms. The van der Waals surface area contributed by atoms with E-state index in [4.69, 9.17) is 5.11 Å². The van der Waals surface area contributed by atoms with Crippen molar-refractivity contribution in [3.8, 4) is 0 Å². The highest BCUT2D eigenvalue weighted by Crippen LogP contribution is 2.28. The number of alkyl halides is 1. The van der Waals surface area contributed by atoms with E-state index in [2.05, 4.69) is 20.7 Å². The van der Waals surface area contributed by atoms with Gasteiger partial charge >= 0.3 is 11.9 Å². The second-order valence-electron chi connectivity index (χ2n) is 2.63. The van der Waals surface area contributed by atoms with Gasteiger partial charge < -0.3 is 9.84 Å². The molecule has 4 nitrogen and oxygen atoms in total. The summed E-state index contributed by atoms with van der Waals surface area (Å²) in [4.78, 5) is 21.6. The molecule has 0 saturated heterocycles. The van der Waals surface area contributed by atoms with E-state index in [1.54, 1.807) is 0 Å². The molecule has 2 unspecified atom stereocenters. The van der Waals surface area contributed by atoms with Gasteiger partial charge in [0, 0.05) is 0 Å². The molecular weight excluding hydrogens is 228 g/mol. The van der Waals surface area contributed by atoms with Crippen molar-refractivity contribution in [1.82, 2.24) is 0 Å². The van der Waals surface area contributed by atoms with Crippen LogP contribution in [0.4, 0.5) is 0 Å². The lowest BCUT2D eigenvalue weighted by Gasteiger charge is -2.22. The van der Waals surface area contributed by atoms with Gasteiger partial charge in [0.1, 0.15) is 4.32 Å². The third kappa shape index (κ3) is 2.20. The van der Waals surface area contributed by atoms with E-state index in [1.165, 1.54) is 21.0 Å². The number of rotatable bonds is 3. The maximum absolute atomic E-state index is 10.9. The molecule has 0 aliphatic heterocycles. The summed E-state index contributed by atoms with van der Waals surface area (Å²) in [6, 6.07) is 0. The van der Waals surface area contributed by atoms with Crippen LogP contribution in [0.2, 0.25) is 0 Å². The predicted molar refractivity (Wildman–Crippen MR) is 46.1 cm³/mol. The second-order valence-corrected chi connectivity index (χ2v) is 4.27. The molecule has 5 heteroatoms. The predicted octanol–water partition coefficient (Wildman–Crippen LogP) is 1.03. The molecule has 2 atom stereocenters. The first kappa shape index (κ1) is 11.4. The van der Waals surface area contributed by atoms with Gasteiger partial charge in [0.2, 0.25) is 0 Å². The van der Waals surface area contributed by atoms with Crippen molar-refractivity contribution in [2.24, 2.45) is 5.92 Å². The number of aliphatic carboxylic acids is 1. The summed E-state index contributed by atoms with van der Waals surface area (Å²) in [5.74, 6) is -2.35. The Morgan fingerprint density at radius 2 is 2.00 bits per heavy atom. The van der Waals surface area contributed by atoms with E-state index >= 15 is 0 Å². The molecule has 0 rings (SSSR count). The van der Waals surface area contributed by atoms with E-state index in [1.807, 2.05) is 0 Å². The summed E-state index contributed by atoms with van der Waals surface area (Å²) in [6.45, 7) is 2.91. The zero-order valence-corrected chi connectivity index (χ0v) is 8.71. The second kappa shape index (κ2) is 3.89. The lowest BCUT2D eigenvalue weighted by atomic mass is 9.96. The molecule has 0 radical (unpaired) electrons. The Bertz CT molecular complexity index is 200. The number of esters is 1. The Morgan fingerprint density at radius 1 is 1.58 bits per heavy atom. The van der Waals surface area contributed by atoms with Crippen molar-refractivity contribution in [3.05, 3.63) is 0 Å². The first-order valence-electron chi connectivity index (χ1n) is 3.34.